The highest BCUT2D eigenvalue weighted by Crippen LogP contribution is 2.31. The molecule has 0 fully saturated rings. The molecule has 0 atom stereocenters. The summed E-state index contributed by atoms with van der Waals surface area (Å²) in [7, 11) is 0. The van der Waals surface area contributed by atoms with Crippen molar-refractivity contribution in [1.29, 1.82) is 0 Å². The molecular formula is C16H14BrN3. The normalized spacial score (nSPS) is 10.7. The van der Waals surface area contributed by atoms with E-state index in [1.165, 1.54) is 5.56 Å². The lowest BCUT2D eigenvalue weighted by Crippen LogP contribution is -1.97. The highest BCUT2D eigenvalue weighted by molar-refractivity contribution is 9.10. The molecule has 1 heterocycles. The third-order valence-corrected chi connectivity index (χ3v) is 4.17. The van der Waals surface area contributed by atoms with E-state index in [0.717, 1.165) is 32.3 Å². The van der Waals surface area contributed by atoms with Crippen molar-refractivity contribution in [3.63, 3.8) is 0 Å². The van der Waals surface area contributed by atoms with Crippen LogP contribution in [-0.4, -0.2) is 4.98 Å². The van der Waals surface area contributed by atoms with Crippen LogP contribution < -0.4 is 11.1 Å². The molecule has 0 aliphatic heterocycles. The number of aryl methyl sites for hydroxylation is 1. The van der Waals surface area contributed by atoms with Gasteiger partial charge in [0.05, 0.1) is 11.4 Å². The minimum Gasteiger partial charge on any atom is -0.397 e. The molecule has 3 N–H and O–H groups in total. The van der Waals surface area contributed by atoms with Gasteiger partial charge in [-0.05, 0) is 36.8 Å². The molecule has 0 bridgehead atoms. The van der Waals surface area contributed by atoms with Gasteiger partial charge < -0.3 is 11.1 Å². The zero-order valence-corrected chi connectivity index (χ0v) is 12.6. The summed E-state index contributed by atoms with van der Waals surface area (Å²) < 4.78 is 1.08. The number of rotatable bonds is 2. The quantitative estimate of drug-likeness (QED) is 0.674. The molecule has 2 aromatic carbocycles. The minimum absolute atomic E-state index is 0.738. The van der Waals surface area contributed by atoms with E-state index >= 15 is 0 Å². The Balaban J connectivity index is 2.02. The molecule has 0 radical (unpaired) electrons. The molecule has 0 aliphatic rings. The number of pyridine rings is 1. The number of benzene rings is 2. The van der Waals surface area contributed by atoms with Gasteiger partial charge in [0.1, 0.15) is 0 Å². The fourth-order valence-electron chi connectivity index (χ4n) is 2.13. The molecule has 0 amide bonds. The Hall–Kier alpha value is -2.07. The van der Waals surface area contributed by atoms with Gasteiger partial charge in [0.2, 0.25) is 0 Å². The number of hydrogen-bond donors (Lipinski definition) is 2. The summed E-state index contributed by atoms with van der Waals surface area (Å²) in [6.07, 6.45) is 3.57. The van der Waals surface area contributed by atoms with Crippen LogP contribution in [0.3, 0.4) is 0 Å². The Bertz CT molecular complexity index is 784. The van der Waals surface area contributed by atoms with E-state index in [1.807, 2.05) is 36.5 Å². The fourth-order valence-corrected chi connectivity index (χ4v) is 2.51. The summed E-state index contributed by atoms with van der Waals surface area (Å²) in [6, 6.07) is 12.1. The van der Waals surface area contributed by atoms with Crippen molar-refractivity contribution in [2.24, 2.45) is 0 Å². The van der Waals surface area contributed by atoms with E-state index in [0.29, 0.717) is 0 Å². The molecule has 0 spiro atoms. The van der Waals surface area contributed by atoms with Crippen molar-refractivity contribution in [3.8, 4) is 0 Å². The minimum atomic E-state index is 0.738. The van der Waals surface area contributed by atoms with Gasteiger partial charge in [0, 0.05) is 33.3 Å². The molecule has 0 unspecified atom stereocenters. The van der Waals surface area contributed by atoms with Crippen LogP contribution in [0.4, 0.5) is 17.1 Å². The zero-order chi connectivity index (χ0) is 14.1. The van der Waals surface area contributed by atoms with Crippen molar-refractivity contribution in [2.75, 3.05) is 11.1 Å². The zero-order valence-electron chi connectivity index (χ0n) is 11.0. The van der Waals surface area contributed by atoms with Crippen LogP contribution in [0.5, 0.6) is 0 Å². The third kappa shape index (κ3) is 2.34. The second-order valence-electron chi connectivity index (χ2n) is 4.71. The van der Waals surface area contributed by atoms with E-state index in [9.17, 15) is 0 Å². The van der Waals surface area contributed by atoms with Crippen molar-refractivity contribution in [2.45, 2.75) is 6.92 Å². The number of nitrogens with zero attached hydrogens (tertiary/aromatic N) is 1. The van der Waals surface area contributed by atoms with Crippen LogP contribution in [0, 0.1) is 6.92 Å². The van der Waals surface area contributed by atoms with Crippen LogP contribution in [0.1, 0.15) is 5.56 Å². The lowest BCUT2D eigenvalue weighted by Gasteiger charge is -2.12. The average Bonchev–Trinajstić information content (AvgIpc) is 2.46. The highest BCUT2D eigenvalue weighted by Gasteiger charge is 2.05. The van der Waals surface area contributed by atoms with Crippen molar-refractivity contribution < 1.29 is 0 Å². The Kier molecular flexibility index (Phi) is 3.32. The highest BCUT2D eigenvalue weighted by atomic mass is 79.9. The summed E-state index contributed by atoms with van der Waals surface area (Å²) in [4.78, 5) is 4.11. The molecule has 4 heteroatoms. The van der Waals surface area contributed by atoms with E-state index < -0.39 is 0 Å². The van der Waals surface area contributed by atoms with E-state index in [-0.39, 0.29) is 0 Å². The molecule has 20 heavy (non-hydrogen) atoms. The second-order valence-corrected chi connectivity index (χ2v) is 5.57. The molecule has 1 aromatic heterocycles. The number of aromatic nitrogens is 1. The molecule has 100 valence electrons. The van der Waals surface area contributed by atoms with Gasteiger partial charge in [-0.2, -0.15) is 0 Å². The van der Waals surface area contributed by atoms with E-state index in [1.54, 1.807) is 6.20 Å². The summed E-state index contributed by atoms with van der Waals surface area (Å²) >= 11 is 3.54. The van der Waals surface area contributed by atoms with Crippen LogP contribution in [0.15, 0.2) is 53.3 Å². The van der Waals surface area contributed by atoms with Crippen molar-refractivity contribution in [3.05, 3.63) is 58.8 Å². The van der Waals surface area contributed by atoms with Gasteiger partial charge in [0.25, 0.3) is 0 Å². The first kappa shape index (κ1) is 12.9. The van der Waals surface area contributed by atoms with Crippen molar-refractivity contribution >= 4 is 43.8 Å². The molecule has 0 saturated heterocycles. The third-order valence-electron chi connectivity index (χ3n) is 3.31. The smallest absolute Gasteiger partial charge is 0.0634 e. The molecule has 0 aliphatic carbocycles. The van der Waals surface area contributed by atoms with Crippen LogP contribution in [0.25, 0.3) is 10.8 Å². The largest absolute Gasteiger partial charge is 0.397 e. The molecule has 3 aromatic rings. The lowest BCUT2D eigenvalue weighted by atomic mass is 10.1. The van der Waals surface area contributed by atoms with Crippen LogP contribution in [0.2, 0.25) is 0 Å². The maximum Gasteiger partial charge on any atom is 0.0634 e. The first-order chi connectivity index (χ1) is 9.65. The van der Waals surface area contributed by atoms with Gasteiger partial charge in [-0.25, -0.2) is 0 Å². The van der Waals surface area contributed by atoms with Gasteiger partial charge in [-0.3, -0.25) is 4.98 Å². The number of nitrogens with two attached hydrogens (primary N) is 1. The fraction of sp³-hybridized carbons (Fsp3) is 0.0625. The Morgan fingerprint density at radius 3 is 2.80 bits per heavy atom. The van der Waals surface area contributed by atoms with Gasteiger partial charge in [0.15, 0.2) is 0 Å². The molecular weight excluding hydrogens is 314 g/mol. The lowest BCUT2D eigenvalue weighted by molar-refractivity contribution is 1.36. The van der Waals surface area contributed by atoms with E-state index in [4.69, 9.17) is 5.73 Å². The van der Waals surface area contributed by atoms with Gasteiger partial charge in [-0.1, -0.05) is 28.1 Å². The predicted octanol–water partition coefficient (Wildman–Crippen LogP) is 4.63. The Labute approximate surface area is 126 Å². The Morgan fingerprint density at radius 1 is 1.15 bits per heavy atom. The Morgan fingerprint density at radius 2 is 2.00 bits per heavy atom. The summed E-state index contributed by atoms with van der Waals surface area (Å²) in [5.74, 6) is 0. The summed E-state index contributed by atoms with van der Waals surface area (Å²) in [5.41, 5.74) is 10.1. The van der Waals surface area contributed by atoms with Gasteiger partial charge >= 0.3 is 0 Å². The number of anilines is 3. The van der Waals surface area contributed by atoms with Crippen molar-refractivity contribution in [1.82, 2.24) is 4.98 Å². The molecule has 3 rings (SSSR count). The van der Waals surface area contributed by atoms with Gasteiger partial charge in [-0.15, -0.1) is 0 Å². The summed E-state index contributed by atoms with van der Waals surface area (Å²) in [5, 5.41) is 5.41. The first-order valence-corrected chi connectivity index (χ1v) is 7.10. The topological polar surface area (TPSA) is 50.9 Å². The monoisotopic (exact) mass is 327 g/mol. The number of hydrogen-bond acceptors (Lipinski definition) is 3. The molecule has 3 nitrogen and oxygen atoms in total. The second kappa shape index (κ2) is 5.13. The molecule has 0 saturated carbocycles. The SMILES string of the molecule is Cc1ccc(Nc2ccc3cnccc3c2N)cc1Br. The maximum atomic E-state index is 6.23. The number of fused-ring (bicyclic) bond motifs is 1. The van der Waals surface area contributed by atoms with Crippen LogP contribution in [-0.2, 0) is 0 Å². The van der Waals surface area contributed by atoms with E-state index in [2.05, 4.69) is 39.2 Å². The maximum absolute atomic E-state index is 6.23. The number of halogens is 1. The predicted molar refractivity (Wildman–Crippen MR) is 88.3 cm³/mol. The average molecular weight is 328 g/mol. The standard InChI is InChI=1S/C16H14BrN3/c1-10-2-4-12(8-14(10)17)20-15-5-3-11-9-19-7-6-13(11)16(15)18/h2-9,20H,18H2,1H3. The summed E-state index contributed by atoms with van der Waals surface area (Å²) in [6.45, 7) is 2.06. The number of nitrogen functional groups attached to an aromatic ring is 1. The van der Waals surface area contributed by atoms with Crippen LogP contribution >= 0.6 is 15.9 Å². The first-order valence-electron chi connectivity index (χ1n) is 6.30. The number of nitrogens with one attached hydrogen (secondary N) is 1.